The number of carbonyl (C=O) groups excluding carboxylic acids is 1. The molecule has 3 heteroatoms. The third kappa shape index (κ3) is 1.68. The zero-order valence-corrected chi connectivity index (χ0v) is 12.4. The van der Waals surface area contributed by atoms with Crippen molar-refractivity contribution in [3.05, 3.63) is 23.8 Å². The molecule has 4 aliphatic carbocycles. The summed E-state index contributed by atoms with van der Waals surface area (Å²) in [5.41, 5.74) is 1.56. The van der Waals surface area contributed by atoms with Crippen LogP contribution in [-0.4, -0.2) is 16.3 Å². The maximum Gasteiger partial charge on any atom is 0.168 e. The van der Waals surface area contributed by atoms with E-state index in [1.54, 1.807) is 12.3 Å². The Morgan fingerprint density at radius 1 is 1.15 bits per heavy atom. The Hall–Kier alpha value is -1.25. The maximum atomic E-state index is 11.0. The van der Waals surface area contributed by atoms with Crippen LogP contribution in [0.3, 0.4) is 0 Å². The highest BCUT2D eigenvalue weighted by molar-refractivity contribution is 5.71. The SMILES string of the molecule is CC12CC3CC(C)(C1)CC(c1nccc(C=O)n1)(C3)C2. The highest BCUT2D eigenvalue weighted by atomic mass is 16.1. The molecule has 106 valence electrons. The second-order valence-corrected chi connectivity index (χ2v) is 8.33. The lowest BCUT2D eigenvalue weighted by molar-refractivity contribution is -0.112. The van der Waals surface area contributed by atoms with E-state index in [1.807, 2.05) is 0 Å². The first kappa shape index (κ1) is 12.5. The Morgan fingerprint density at radius 2 is 1.85 bits per heavy atom. The van der Waals surface area contributed by atoms with Crippen molar-refractivity contribution in [1.29, 1.82) is 0 Å². The minimum atomic E-state index is 0.127. The molecule has 0 aliphatic heterocycles. The topological polar surface area (TPSA) is 42.9 Å². The third-order valence-electron chi connectivity index (χ3n) is 5.90. The molecule has 4 fully saturated rings. The van der Waals surface area contributed by atoms with Crippen LogP contribution in [0.1, 0.15) is 68.7 Å². The van der Waals surface area contributed by atoms with Crippen LogP contribution in [0.2, 0.25) is 0 Å². The molecule has 2 unspecified atom stereocenters. The van der Waals surface area contributed by atoms with Crippen molar-refractivity contribution in [2.24, 2.45) is 16.7 Å². The van der Waals surface area contributed by atoms with E-state index in [2.05, 4.69) is 23.8 Å². The molecular formula is C17H22N2O. The smallest absolute Gasteiger partial charge is 0.168 e. The summed E-state index contributed by atoms with van der Waals surface area (Å²) >= 11 is 0. The normalized spacial score (nSPS) is 45.6. The van der Waals surface area contributed by atoms with E-state index in [1.165, 1.54) is 38.5 Å². The molecule has 0 amide bonds. The predicted octanol–water partition coefficient (Wildman–Crippen LogP) is 3.54. The molecule has 0 N–H and O–H groups in total. The summed E-state index contributed by atoms with van der Waals surface area (Å²) in [5.74, 6) is 1.76. The Bertz CT molecular complexity index is 564. The second-order valence-electron chi connectivity index (χ2n) is 8.33. The molecule has 1 aromatic rings. The van der Waals surface area contributed by atoms with Crippen molar-refractivity contribution in [3.8, 4) is 0 Å². The molecule has 0 radical (unpaired) electrons. The number of aldehydes is 1. The Labute approximate surface area is 120 Å². The molecule has 3 nitrogen and oxygen atoms in total. The van der Waals surface area contributed by atoms with Gasteiger partial charge in [-0.05, 0) is 61.3 Å². The molecule has 1 aromatic heterocycles. The van der Waals surface area contributed by atoms with E-state index in [-0.39, 0.29) is 5.41 Å². The lowest BCUT2D eigenvalue weighted by atomic mass is 9.40. The molecule has 1 heterocycles. The average molecular weight is 270 g/mol. The third-order valence-corrected chi connectivity index (χ3v) is 5.90. The van der Waals surface area contributed by atoms with Crippen molar-refractivity contribution in [1.82, 2.24) is 9.97 Å². The van der Waals surface area contributed by atoms with Crippen LogP contribution in [0.25, 0.3) is 0 Å². The van der Waals surface area contributed by atoms with Crippen LogP contribution in [0, 0.1) is 16.7 Å². The number of hydrogen-bond acceptors (Lipinski definition) is 3. The van der Waals surface area contributed by atoms with Crippen LogP contribution < -0.4 is 0 Å². The van der Waals surface area contributed by atoms with E-state index in [9.17, 15) is 4.79 Å². The average Bonchev–Trinajstić information content (AvgIpc) is 2.34. The van der Waals surface area contributed by atoms with Crippen molar-refractivity contribution in [3.63, 3.8) is 0 Å². The van der Waals surface area contributed by atoms with Crippen molar-refractivity contribution >= 4 is 6.29 Å². The molecule has 5 rings (SSSR count). The Morgan fingerprint density at radius 3 is 2.45 bits per heavy atom. The maximum absolute atomic E-state index is 11.0. The quantitative estimate of drug-likeness (QED) is 0.772. The van der Waals surface area contributed by atoms with E-state index in [0.29, 0.717) is 16.5 Å². The van der Waals surface area contributed by atoms with Gasteiger partial charge in [-0.1, -0.05) is 13.8 Å². The van der Waals surface area contributed by atoms with Crippen LogP contribution in [-0.2, 0) is 5.41 Å². The molecule has 4 aliphatic rings. The van der Waals surface area contributed by atoms with Gasteiger partial charge in [0.2, 0.25) is 0 Å². The second kappa shape index (κ2) is 3.69. The minimum Gasteiger partial charge on any atom is -0.296 e. The summed E-state index contributed by atoms with van der Waals surface area (Å²) < 4.78 is 0. The zero-order valence-electron chi connectivity index (χ0n) is 12.4. The number of nitrogens with zero attached hydrogens (tertiary/aromatic N) is 2. The van der Waals surface area contributed by atoms with E-state index >= 15 is 0 Å². The van der Waals surface area contributed by atoms with E-state index in [0.717, 1.165) is 18.0 Å². The largest absolute Gasteiger partial charge is 0.296 e. The molecule has 4 bridgehead atoms. The first-order valence-electron chi connectivity index (χ1n) is 7.73. The van der Waals surface area contributed by atoms with Gasteiger partial charge in [0.15, 0.2) is 6.29 Å². The summed E-state index contributed by atoms with van der Waals surface area (Å²) in [6.07, 6.45) is 10.3. The molecule has 0 spiro atoms. The summed E-state index contributed by atoms with van der Waals surface area (Å²) in [4.78, 5) is 20.2. The highest BCUT2D eigenvalue weighted by Crippen LogP contribution is 2.69. The van der Waals surface area contributed by atoms with Crippen molar-refractivity contribution < 1.29 is 4.79 Å². The highest BCUT2D eigenvalue weighted by Gasteiger charge is 2.61. The van der Waals surface area contributed by atoms with Gasteiger partial charge in [-0.25, -0.2) is 9.97 Å². The van der Waals surface area contributed by atoms with Gasteiger partial charge < -0.3 is 0 Å². The van der Waals surface area contributed by atoms with Gasteiger partial charge in [-0.3, -0.25) is 4.79 Å². The summed E-state index contributed by atoms with van der Waals surface area (Å²) in [6, 6.07) is 1.71. The lowest BCUT2D eigenvalue weighted by Crippen LogP contribution is -2.57. The fraction of sp³-hybridized carbons (Fsp3) is 0.706. The first-order valence-corrected chi connectivity index (χ1v) is 7.73. The van der Waals surface area contributed by atoms with Crippen LogP contribution >= 0.6 is 0 Å². The minimum absolute atomic E-state index is 0.127. The predicted molar refractivity (Wildman–Crippen MR) is 76.5 cm³/mol. The van der Waals surface area contributed by atoms with Crippen LogP contribution in [0.5, 0.6) is 0 Å². The van der Waals surface area contributed by atoms with Gasteiger partial charge in [-0.2, -0.15) is 0 Å². The van der Waals surface area contributed by atoms with Gasteiger partial charge in [-0.15, -0.1) is 0 Å². The fourth-order valence-electron chi connectivity index (χ4n) is 6.39. The Balaban J connectivity index is 1.82. The molecule has 0 saturated heterocycles. The van der Waals surface area contributed by atoms with Gasteiger partial charge in [0.05, 0.1) is 0 Å². The van der Waals surface area contributed by atoms with Gasteiger partial charge in [0.1, 0.15) is 11.5 Å². The summed E-state index contributed by atoms with van der Waals surface area (Å²) in [7, 11) is 0. The molecule has 2 atom stereocenters. The van der Waals surface area contributed by atoms with Crippen LogP contribution in [0.15, 0.2) is 12.3 Å². The fourth-order valence-corrected chi connectivity index (χ4v) is 6.39. The monoisotopic (exact) mass is 270 g/mol. The molecule has 0 aromatic carbocycles. The van der Waals surface area contributed by atoms with Crippen LogP contribution in [0.4, 0.5) is 0 Å². The Kier molecular flexibility index (Phi) is 2.30. The lowest BCUT2D eigenvalue weighted by Gasteiger charge is -2.64. The number of aromatic nitrogens is 2. The summed E-state index contributed by atoms with van der Waals surface area (Å²) in [5, 5.41) is 0. The van der Waals surface area contributed by atoms with Gasteiger partial charge in [0, 0.05) is 11.6 Å². The van der Waals surface area contributed by atoms with Gasteiger partial charge >= 0.3 is 0 Å². The number of carbonyl (C=O) groups is 1. The first-order chi connectivity index (χ1) is 9.44. The molecule has 4 saturated carbocycles. The van der Waals surface area contributed by atoms with Crippen molar-refractivity contribution in [2.75, 3.05) is 0 Å². The van der Waals surface area contributed by atoms with E-state index in [4.69, 9.17) is 0 Å². The number of rotatable bonds is 2. The zero-order chi connectivity index (χ0) is 14.0. The van der Waals surface area contributed by atoms with E-state index < -0.39 is 0 Å². The van der Waals surface area contributed by atoms with Gasteiger partial charge in [0.25, 0.3) is 0 Å². The number of hydrogen-bond donors (Lipinski definition) is 0. The molecular weight excluding hydrogens is 248 g/mol. The van der Waals surface area contributed by atoms with Crippen molar-refractivity contribution in [2.45, 2.75) is 57.8 Å². The molecule has 20 heavy (non-hydrogen) atoms. The summed E-state index contributed by atoms with van der Waals surface area (Å²) in [6.45, 7) is 4.90. The standard InChI is InChI=1S/C17H22N2O/c1-15-5-12-6-16(2,9-15)11-17(7-12,10-15)14-18-4-3-13(8-20)19-14/h3-4,8,12H,5-7,9-11H2,1-2H3.